The van der Waals surface area contributed by atoms with E-state index < -0.39 is 97.5 Å². The van der Waals surface area contributed by atoms with E-state index in [1.807, 2.05) is 0 Å². The smallest absolute Gasteiger partial charge is 0.462 e. The Morgan fingerprint density at radius 1 is 0.322 bits per heavy atom. The van der Waals surface area contributed by atoms with Gasteiger partial charge in [0.05, 0.1) is 26.4 Å². The lowest BCUT2D eigenvalue weighted by Crippen LogP contribution is -2.30. The third kappa shape index (κ3) is 60.1. The number of hydrogen-bond donors (Lipinski definition) is 3. The molecule has 0 saturated carbocycles. The normalized spacial score (nSPS) is 15.0. The van der Waals surface area contributed by atoms with Crippen molar-refractivity contribution in [1.82, 2.24) is 0 Å². The predicted molar refractivity (Wildman–Crippen MR) is 349 cm³/mol. The maximum Gasteiger partial charge on any atom is 0.472 e. The monoisotopic (exact) mass is 1280 g/mol. The molecule has 0 aromatic heterocycles. The SMILES string of the molecule is CCC(C)CCCCCCCCC(=O)OC[C@H](COP(=O)(O)OC[C@@H](O)COP(=O)(O)OC[C@@H](COC(=O)CCCCCCCCC(C)CC)OC(=O)CCCCCCCCCCCC(C)C)OC(=O)CCCCCCCCCCCCCCC(C)C. The quantitative estimate of drug-likeness (QED) is 0.0222. The van der Waals surface area contributed by atoms with E-state index in [-0.39, 0.29) is 25.7 Å². The number of phosphoric ester groups is 2. The Balaban J connectivity index is 5.26. The second-order valence-corrected chi connectivity index (χ2v) is 28.9. The number of rotatable bonds is 65. The number of unbranched alkanes of at least 4 members (excludes halogenated alkanes) is 29. The Kier molecular flexibility index (Phi) is 56.6. The average molecular weight is 1280 g/mol. The Morgan fingerprint density at radius 3 is 0.816 bits per heavy atom. The van der Waals surface area contributed by atoms with Crippen molar-refractivity contribution in [3.63, 3.8) is 0 Å². The van der Waals surface area contributed by atoms with Gasteiger partial charge in [0.25, 0.3) is 0 Å². The van der Waals surface area contributed by atoms with Gasteiger partial charge in [-0.3, -0.25) is 37.3 Å². The molecule has 4 unspecified atom stereocenters. The van der Waals surface area contributed by atoms with Crippen molar-refractivity contribution in [2.75, 3.05) is 39.6 Å². The summed E-state index contributed by atoms with van der Waals surface area (Å²) in [6, 6.07) is 0. The lowest BCUT2D eigenvalue weighted by Gasteiger charge is -2.21. The molecule has 87 heavy (non-hydrogen) atoms. The van der Waals surface area contributed by atoms with E-state index in [0.717, 1.165) is 126 Å². The minimum atomic E-state index is -4.95. The van der Waals surface area contributed by atoms with Crippen LogP contribution in [0.5, 0.6) is 0 Å². The molecule has 0 aliphatic carbocycles. The zero-order chi connectivity index (χ0) is 64.7. The van der Waals surface area contributed by atoms with Crippen molar-refractivity contribution < 1.29 is 80.2 Å². The Morgan fingerprint density at radius 2 is 0.552 bits per heavy atom. The molecule has 17 nitrogen and oxygen atoms in total. The van der Waals surface area contributed by atoms with Crippen LogP contribution in [0, 0.1) is 23.7 Å². The zero-order valence-electron chi connectivity index (χ0n) is 56.6. The maximum atomic E-state index is 13.0. The molecule has 0 rings (SSSR count). The molecule has 516 valence electrons. The summed E-state index contributed by atoms with van der Waals surface area (Å²) in [5, 5.41) is 10.6. The molecular formula is C68H132O17P2. The Bertz CT molecular complexity index is 1730. The summed E-state index contributed by atoms with van der Waals surface area (Å²) < 4.78 is 68.2. The topological polar surface area (TPSA) is 237 Å². The highest BCUT2D eigenvalue weighted by atomic mass is 31.2. The van der Waals surface area contributed by atoms with Crippen molar-refractivity contribution in [2.24, 2.45) is 23.7 Å². The van der Waals surface area contributed by atoms with E-state index in [1.165, 1.54) is 122 Å². The van der Waals surface area contributed by atoms with Crippen LogP contribution in [-0.2, 0) is 65.4 Å². The Hall–Kier alpha value is -1.94. The van der Waals surface area contributed by atoms with Crippen molar-refractivity contribution in [1.29, 1.82) is 0 Å². The summed E-state index contributed by atoms with van der Waals surface area (Å²) in [5.74, 6) is 0.840. The van der Waals surface area contributed by atoms with E-state index in [4.69, 9.17) is 37.0 Å². The average Bonchev–Trinajstić information content (AvgIpc) is 3.63. The predicted octanol–water partition coefficient (Wildman–Crippen LogP) is 18.9. The van der Waals surface area contributed by atoms with Gasteiger partial charge in [-0.25, -0.2) is 9.13 Å². The molecule has 0 aliphatic heterocycles. The molecular weight excluding hydrogens is 1150 g/mol. The van der Waals surface area contributed by atoms with Crippen LogP contribution in [0.1, 0.15) is 331 Å². The molecule has 0 amide bonds. The van der Waals surface area contributed by atoms with Crippen LogP contribution in [0.3, 0.4) is 0 Å². The fourth-order valence-corrected chi connectivity index (χ4v) is 11.7. The first-order valence-corrected chi connectivity index (χ1v) is 38.3. The van der Waals surface area contributed by atoms with E-state index in [1.54, 1.807) is 0 Å². The molecule has 0 bridgehead atoms. The zero-order valence-corrected chi connectivity index (χ0v) is 58.4. The van der Waals surface area contributed by atoms with Gasteiger partial charge in [-0.15, -0.1) is 0 Å². The lowest BCUT2D eigenvalue weighted by atomic mass is 10.00. The number of esters is 4. The first kappa shape index (κ1) is 85.1. The van der Waals surface area contributed by atoms with E-state index in [0.29, 0.717) is 25.7 Å². The standard InChI is InChI=1S/C68H132O17P2/c1-9-60(7)46-38-30-24-26-32-40-48-65(70)78-54-63(84-67(72)50-42-34-22-18-14-12-11-13-16-20-28-36-44-58(3)4)56-82-86(74,75)80-52-62(69)53-81-87(76,77)83-57-64(55-79-66(71)49-41-33-27-25-31-39-47-61(8)10-2)85-68(73)51-43-35-23-19-15-17-21-29-37-45-59(5)6/h58-64,69H,9-57H2,1-8H3,(H,74,75)(H,76,77)/t60?,61?,62-,63-,64-/m1/s1. The van der Waals surface area contributed by atoms with Gasteiger partial charge in [0.2, 0.25) is 0 Å². The summed E-state index contributed by atoms with van der Waals surface area (Å²) in [7, 11) is -9.90. The van der Waals surface area contributed by atoms with Gasteiger partial charge in [0.1, 0.15) is 19.3 Å². The molecule has 7 atom stereocenters. The van der Waals surface area contributed by atoms with Gasteiger partial charge in [-0.1, -0.05) is 280 Å². The van der Waals surface area contributed by atoms with Crippen LogP contribution in [0.4, 0.5) is 0 Å². The van der Waals surface area contributed by atoms with Gasteiger partial charge < -0.3 is 33.8 Å². The van der Waals surface area contributed by atoms with Crippen molar-refractivity contribution in [2.45, 2.75) is 350 Å². The van der Waals surface area contributed by atoms with E-state index in [2.05, 4.69) is 55.4 Å². The minimum Gasteiger partial charge on any atom is -0.462 e. The number of hydrogen-bond acceptors (Lipinski definition) is 15. The first-order valence-electron chi connectivity index (χ1n) is 35.3. The maximum absolute atomic E-state index is 13.0. The highest BCUT2D eigenvalue weighted by Gasteiger charge is 2.30. The second kappa shape index (κ2) is 57.9. The number of aliphatic hydroxyl groups is 1. The molecule has 0 fully saturated rings. The largest absolute Gasteiger partial charge is 0.472 e. The van der Waals surface area contributed by atoms with Crippen LogP contribution in [0.2, 0.25) is 0 Å². The highest BCUT2D eigenvalue weighted by Crippen LogP contribution is 2.45. The molecule has 19 heteroatoms. The molecule has 0 spiro atoms. The molecule has 0 heterocycles. The second-order valence-electron chi connectivity index (χ2n) is 26.0. The van der Waals surface area contributed by atoms with Crippen LogP contribution in [0.25, 0.3) is 0 Å². The number of phosphoric acid groups is 2. The van der Waals surface area contributed by atoms with Crippen LogP contribution in [0.15, 0.2) is 0 Å². The lowest BCUT2D eigenvalue weighted by molar-refractivity contribution is -0.161. The van der Waals surface area contributed by atoms with E-state index in [9.17, 15) is 43.2 Å². The van der Waals surface area contributed by atoms with Crippen molar-refractivity contribution in [3.8, 4) is 0 Å². The minimum absolute atomic E-state index is 0.104. The number of ether oxygens (including phenoxy) is 4. The van der Waals surface area contributed by atoms with Gasteiger partial charge >= 0.3 is 39.5 Å². The van der Waals surface area contributed by atoms with Gasteiger partial charge in [0.15, 0.2) is 12.2 Å². The van der Waals surface area contributed by atoms with Gasteiger partial charge in [-0.05, 0) is 49.4 Å². The van der Waals surface area contributed by atoms with Crippen LogP contribution < -0.4 is 0 Å². The molecule has 0 aromatic rings. The fraction of sp³-hybridized carbons (Fsp3) is 0.941. The molecule has 0 saturated heterocycles. The molecule has 0 aliphatic rings. The molecule has 0 aromatic carbocycles. The van der Waals surface area contributed by atoms with Crippen LogP contribution in [-0.4, -0.2) is 96.7 Å². The first-order chi connectivity index (χ1) is 41.7. The van der Waals surface area contributed by atoms with Gasteiger partial charge in [0, 0.05) is 25.7 Å². The number of carbonyl (C=O) groups is 4. The summed E-state index contributed by atoms with van der Waals surface area (Å²) >= 11 is 0. The third-order valence-corrected chi connectivity index (χ3v) is 18.2. The van der Waals surface area contributed by atoms with Crippen LogP contribution >= 0.6 is 15.6 Å². The molecule has 0 radical (unpaired) electrons. The Labute approximate surface area is 530 Å². The highest BCUT2D eigenvalue weighted by molar-refractivity contribution is 7.47. The molecule has 3 N–H and O–H groups in total. The number of aliphatic hydroxyl groups excluding tert-OH is 1. The summed E-state index contributed by atoms with van der Waals surface area (Å²) in [6.07, 6.45) is 39.0. The third-order valence-electron chi connectivity index (χ3n) is 16.3. The fourth-order valence-electron chi connectivity index (χ4n) is 10.1. The summed E-state index contributed by atoms with van der Waals surface area (Å²) in [6.45, 7) is 14.0. The van der Waals surface area contributed by atoms with Gasteiger partial charge in [-0.2, -0.15) is 0 Å². The van der Waals surface area contributed by atoms with E-state index >= 15 is 0 Å². The summed E-state index contributed by atoms with van der Waals surface area (Å²) in [4.78, 5) is 72.4. The number of carbonyl (C=O) groups excluding carboxylic acids is 4. The summed E-state index contributed by atoms with van der Waals surface area (Å²) in [5.41, 5.74) is 0. The van der Waals surface area contributed by atoms with Crippen molar-refractivity contribution >= 4 is 39.5 Å². The van der Waals surface area contributed by atoms with Crippen molar-refractivity contribution in [3.05, 3.63) is 0 Å².